The third-order valence-electron chi connectivity index (χ3n) is 2.19. The zero-order chi connectivity index (χ0) is 12.2. The summed E-state index contributed by atoms with van der Waals surface area (Å²) in [5.41, 5.74) is -0.471. The van der Waals surface area contributed by atoms with Crippen molar-refractivity contribution in [3.8, 4) is 12.3 Å². The van der Waals surface area contributed by atoms with Crippen molar-refractivity contribution in [3.63, 3.8) is 0 Å². The number of terminal acetylenes is 1. The molecule has 1 heterocycles. The van der Waals surface area contributed by atoms with Crippen molar-refractivity contribution in [1.29, 1.82) is 0 Å². The molecule has 0 aromatic rings. The predicted molar refractivity (Wildman–Crippen MR) is 61.0 cm³/mol. The molecule has 2 unspecified atom stereocenters. The van der Waals surface area contributed by atoms with Crippen LogP contribution in [0.15, 0.2) is 0 Å². The molecule has 0 bridgehead atoms. The second-order valence-electron chi connectivity index (χ2n) is 4.89. The Bertz CT molecular complexity index is 288. The molecule has 1 rings (SSSR count). The van der Waals surface area contributed by atoms with Crippen molar-refractivity contribution >= 4 is 6.09 Å². The highest BCUT2D eigenvalue weighted by Gasteiger charge is 2.24. The molecule has 4 heteroatoms. The van der Waals surface area contributed by atoms with Crippen molar-refractivity contribution in [3.05, 3.63) is 0 Å². The zero-order valence-corrected chi connectivity index (χ0v) is 10.1. The van der Waals surface area contributed by atoms with Gasteiger partial charge in [-0.25, -0.2) is 4.79 Å². The van der Waals surface area contributed by atoms with Crippen LogP contribution in [0.4, 0.5) is 4.79 Å². The predicted octanol–water partition coefficient (Wildman–Crippen LogP) is 1.69. The average molecular weight is 225 g/mol. The largest absolute Gasteiger partial charge is 0.444 e. The van der Waals surface area contributed by atoms with Crippen LogP contribution in [-0.4, -0.2) is 30.4 Å². The lowest BCUT2D eigenvalue weighted by Gasteiger charge is -2.28. The Morgan fingerprint density at radius 3 is 2.81 bits per heavy atom. The molecule has 0 spiro atoms. The Kier molecular flexibility index (Phi) is 4.19. The van der Waals surface area contributed by atoms with Gasteiger partial charge in [-0.15, -0.1) is 6.42 Å². The molecule has 1 amide bonds. The Morgan fingerprint density at radius 1 is 1.56 bits per heavy atom. The number of rotatable bonds is 1. The van der Waals surface area contributed by atoms with E-state index in [9.17, 15) is 4.79 Å². The van der Waals surface area contributed by atoms with E-state index in [-0.39, 0.29) is 12.1 Å². The summed E-state index contributed by atoms with van der Waals surface area (Å²) in [6, 6.07) is 0.0460. The number of carbonyl (C=O) groups is 1. The van der Waals surface area contributed by atoms with Crippen LogP contribution in [0.3, 0.4) is 0 Å². The SMILES string of the molecule is C#CC1CC(NC(=O)OC(C)(C)C)CCO1. The minimum atomic E-state index is -0.471. The summed E-state index contributed by atoms with van der Waals surface area (Å²) in [4.78, 5) is 11.5. The highest BCUT2D eigenvalue weighted by Crippen LogP contribution is 2.14. The third kappa shape index (κ3) is 4.54. The van der Waals surface area contributed by atoms with Crippen LogP contribution < -0.4 is 5.32 Å². The fourth-order valence-corrected chi connectivity index (χ4v) is 1.52. The first-order valence-electron chi connectivity index (χ1n) is 5.48. The lowest BCUT2D eigenvalue weighted by molar-refractivity contribution is 0.0234. The lowest BCUT2D eigenvalue weighted by atomic mass is 10.0. The Labute approximate surface area is 96.7 Å². The zero-order valence-electron chi connectivity index (χ0n) is 10.1. The van der Waals surface area contributed by atoms with Gasteiger partial charge in [0.2, 0.25) is 0 Å². The van der Waals surface area contributed by atoms with Gasteiger partial charge in [-0.1, -0.05) is 5.92 Å². The molecule has 1 aliphatic rings. The second kappa shape index (κ2) is 5.22. The maximum atomic E-state index is 11.5. The molecule has 0 saturated carbocycles. The van der Waals surface area contributed by atoms with Crippen LogP contribution in [0, 0.1) is 12.3 Å². The molecule has 1 N–H and O–H groups in total. The number of carbonyl (C=O) groups excluding carboxylic acids is 1. The van der Waals surface area contributed by atoms with E-state index in [0.29, 0.717) is 13.0 Å². The number of hydrogen-bond donors (Lipinski definition) is 1. The van der Waals surface area contributed by atoms with E-state index in [4.69, 9.17) is 15.9 Å². The number of amides is 1. The topological polar surface area (TPSA) is 47.6 Å². The van der Waals surface area contributed by atoms with E-state index in [1.807, 2.05) is 20.8 Å². The van der Waals surface area contributed by atoms with E-state index in [0.717, 1.165) is 6.42 Å². The molecule has 2 atom stereocenters. The van der Waals surface area contributed by atoms with Gasteiger partial charge in [-0.05, 0) is 27.2 Å². The molecular formula is C12H19NO3. The van der Waals surface area contributed by atoms with Gasteiger partial charge in [0, 0.05) is 12.5 Å². The summed E-state index contributed by atoms with van der Waals surface area (Å²) >= 11 is 0. The smallest absolute Gasteiger partial charge is 0.407 e. The van der Waals surface area contributed by atoms with Gasteiger partial charge in [0.1, 0.15) is 11.7 Å². The van der Waals surface area contributed by atoms with E-state index >= 15 is 0 Å². The van der Waals surface area contributed by atoms with E-state index in [1.165, 1.54) is 0 Å². The summed E-state index contributed by atoms with van der Waals surface area (Å²) in [5, 5.41) is 2.80. The summed E-state index contributed by atoms with van der Waals surface area (Å²) in [6.45, 7) is 6.08. The van der Waals surface area contributed by atoms with Crippen LogP contribution in [-0.2, 0) is 9.47 Å². The highest BCUT2D eigenvalue weighted by molar-refractivity contribution is 5.68. The molecule has 0 aromatic carbocycles. The van der Waals surface area contributed by atoms with E-state index < -0.39 is 11.7 Å². The summed E-state index contributed by atoms with van der Waals surface area (Å²) in [6.07, 6.45) is 6.11. The number of nitrogens with one attached hydrogen (secondary N) is 1. The maximum absolute atomic E-state index is 11.5. The van der Waals surface area contributed by atoms with Gasteiger partial charge >= 0.3 is 6.09 Å². The van der Waals surface area contributed by atoms with Gasteiger partial charge in [0.25, 0.3) is 0 Å². The van der Waals surface area contributed by atoms with Crippen LogP contribution >= 0.6 is 0 Å². The van der Waals surface area contributed by atoms with Gasteiger partial charge in [-0.3, -0.25) is 0 Å². The minimum Gasteiger partial charge on any atom is -0.444 e. The normalized spacial score (nSPS) is 25.6. The van der Waals surface area contributed by atoms with Crippen LogP contribution in [0.2, 0.25) is 0 Å². The molecular weight excluding hydrogens is 206 g/mol. The monoisotopic (exact) mass is 225 g/mol. The van der Waals surface area contributed by atoms with E-state index in [2.05, 4.69) is 11.2 Å². The van der Waals surface area contributed by atoms with Crippen molar-refractivity contribution in [2.24, 2.45) is 0 Å². The number of hydrogen-bond acceptors (Lipinski definition) is 3. The molecule has 4 nitrogen and oxygen atoms in total. The molecule has 1 saturated heterocycles. The standard InChI is InChI=1S/C12H19NO3/c1-5-10-8-9(6-7-15-10)13-11(14)16-12(2,3)4/h1,9-10H,6-8H2,2-4H3,(H,13,14). The Balaban J connectivity index is 2.37. The van der Waals surface area contributed by atoms with Crippen LogP contribution in [0.1, 0.15) is 33.6 Å². The highest BCUT2D eigenvalue weighted by atomic mass is 16.6. The van der Waals surface area contributed by atoms with Crippen LogP contribution in [0.25, 0.3) is 0 Å². The molecule has 0 aromatic heterocycles. The second-order valence-corrected chi connectivity index (χ2v) is 4.89. The third-order valence-corrected chi connectivity index (χ3v) is 2.19. The Morgan fingerprint density at radius 2 is 2.25 bits per heavy atom. The first-order valence-corrected chi connectivity index (χ1v) is 5.48. The number of ether oxygens (including phenoxy) is 2. The fraction of sp³-hybridized carbons (Fsp3) is 0.750. The minimum absolute atomic E-state index is 0.0460. The van der Waals surface area contributed by atoms with Crippen molar-refractivity contribution < 1.29 is 14.3 Å². The molecule has 16 heavy (non-hydrogen) atoms. The molecule has 1 aliphatic heterocycles. The van der Waals surface area contributed by atoms with Gasteiger partial charge < -0.3 is 14.8 Å². The molecule has 90 valence electrons. The quantitative estimate of drug-likeness (QED) is 0.691. The first kappa shape index (κ1) is 12.9. The molecule has 0 radical (unpaired) electrons. The van der Waals surface area contributed by atoms with Gasteiger partial charge in [-0.2, -0.15) is 0 Å². The van der Waals surface area contributed by atoms with Gasteiger partial charge in [0.15, 0.2) is 0 Å². The lowest BCUT2D eigenvalue weighted by Crippen LogP contribution is -2.43. The fourth-order valence-electron chi connectivity index (χ4n) is 1.52. The summed E-state index contributed by atoms with van der Waals surface area (Å²) in [7, 11) is 0. The van der Waals surface area contributed by atoms with Crippen molar-refractivity contribution in [2.75, 3.05) is 6.61 Å². The van der Waals surface area contributed by atoms with Crippen LogP contribution in [0.5, 0.6) is 0 Å². The Hall–Kier alpha value is -1.21. The maximum Gasteiger partial charge on any atom is 0.407 e. The van der Waals surface area contributed by atoms with E-state index in [1.54, 1.807) is 0 Å². The van der Waals surface area contributed by atoms with Crippen molar-refractivity contribution in [1.82, 2.24) is 5.32 Å². The van der Waals surface area contributed by atoms with Gasteiger partial charge in [0.05, 0.1) is 6.61 Å². The number of alkyl carbamates (subject to hydrolysis) is 1. The first-order chi connectivity index (χ1) is 7.40. The molecule has 1 fully saturated rings. The summed E-state index contributed by atoms with van der Waals surface area (Å²) in [5.74, 6) is 2.54. The summed E-state index contributed by atoms with van der Waals surface area (Å²) < 4.78 is 10.5. The van der Waals surface area contributed by atoms with Crippen molar-refractivity contribution in [2.45, 2.75) is 51.4 Å². The average Bonchev–Trinajstić information content (AvgIpc) is 2.15. The molecule has 0 aliphatic carbocycles.